The molecule has 1 rings (SSSR count). The fraction of sp³-hybridized carbons (Fsp3) is 0. The first kappa shape index (κ1) is 9.87. The first-order valence-electron chi connectivity index (χ1n) is 2.75. The highest BCUT2D eigenvalue weighted by Crippen LogP contribution is 1.98. The molecular formula is C7H10O3Si. The lowest BCUT2D eigenvalue weighted by molar-refractivity contribution is -0.182. The number of hydrogen-bond acceptors (Lipinski definition) is 3. The second-order valence-electron chi connectivity index (χ2n) is 1.74. The van der Waals surface area contributed by atoms with Crippen molar-refractivity contribution in [1.82, 2.24) is 0 Å². The van der Waals surface area contributed by atoms with Crippen LogP contribution in [0.5, 0.6) is 0 Å². The molecule has 0 radical (unpaired) electrons. The first-order chi connectivity index (χ1) is 4.84. The lowest BCUT2D eigenvalue weighted by Gasteiger charge is -1.92. The Bertz CT molecular complexity index is 222. The number of carbonyl (C=O) groups is 1. The summed E-state index contributed by atoms with van der Waals surface area (Å²) in [4.78, 5) is 14.0. The van der Waals surface area contributed by atoms with E-state index < -0.39 is 5.97 Å². The summed E-state index contributed by atoms with van der Waals surface area (Å²) in [7, 11) is 0. The van der Waals surface area contributed by atoms with Crippen molar-refractivity contribution in [2.75, 3.05) is 0 Å². The third-order valence-corrected chi connectivity index (χ3v) is 1.09. The molecule has 0 unspecified atom stereocenters. The molecule has 0 aliphatic heterocycles. The van der Waals surface area contributed by atoms with Gasteiger partial charge >= 0.3 is 5.97 Å². The zero-order valence-corrected chi connectivity index (χ0v) is 5.15. The minimum absolute atomic E-state index is 0. The molecule has 0 amide bonds. The van der Waals surface area contributed by atoms with E-state index in [1.54, 1.807) is 30.3 Å². The number of rotatable bonds is 1. The topological polar surface area (TPSA) is 46.5 Å². The molecule has 1 aromatic rings. The predicted octanol–water partition coefficient (Wildman–Crippen LogP) is -0.135. The minimum Gasteiger partial charge on any atom is -0.296 e. The van der Waals surface area contributed by atoms with Crippen LogP contribution in [-0.2, 0) is 4.89 Å². The van der Waals surface area contributed by atoms with E-state index in [9.17, 15) is 4.79 Å². The summed E-state index contributed by atoms with van der Waals surface area (Å²) in [5, 5.41) is 7.94. The number of benzene rings is 1. The van der Waals surface area contributed by atoms with Gasteiger partial charge in [0.05, 0.1) is 5.56 Å². The van der Waals surface area contributed by atoms with Gasteiger partial charge < -0.3 is 0 Å². The van der Waals surface area contributed by atoms with E-state index >= 15 is 0 Å². The third-order valence-electron chi connectivity index (χ3n) is 1.09. The summed E-state index contributed by atoms with van der Waals surface area (Å²) in [6.45, 7) is 0. The van der Waals surface area contributed by atoms with Crippen LogP contribution in [0.1, 0.15) is 10.4 Å². The summed E-state index contributed by atoms with van der Waals surface area (Å²) >= 11 is 0. The van der Waals surface area contributed by atoms with Crippen molar-refractivity contribution in [3.8, 4) is 0 Å². The van der Waals surface area contributed by atoms with E-state index in [1.807, 2.05) is 0 Å². The standard InChI is InChI=1S/C7H6O3.H4Si/c8-7(10-9)6-4-2-1-3-5-6;/h1-5,9H;1H4. The molecule has 0 atom stereocenters. The van der Waals surface area contributed by atoms with Gasteiger partial charge in [-0.25, -0.2) is 4.79 Å². The molecule has 1 aromatic carbocycles. The highest BCUT2D eigenvalue weighted by molar-refractivity contribution is 5.88. The van der Waals surface area contributed by atoms with Gasteiger partial charge in [0, 0.05) is 0 Å². The van der Waals surface area contributed by atoms with Gasteiger partial charge in [-0.15, -0.1) is 0 Å². The Labute approximate surface area is 68.6 Å². The highest BCUT2D eigenvalue weighted by atomic mass is 28.1. The molecule has 4 heteroatoms. The zero-order chi connectivity index (χ0) is 7.40. The SMILES string of the molecule is O=C(OO)c1ccccc1.[SiH4]. The summed E-state index contributed by atoms with van der Waals surface area (Å²) in [6, 6.07) is 8.25. The fourth-order valence-electron chi connectivity index (χ4n) is 0.627. The van der Waals surface area contributed by atoms with Crippen molar-refractivity contribution in [1.29, 1.82) is 0 Å². The van der Waals surface area contributed by atoms with Crippen molar-refractivity contribution in [3.63, 3.8) is 0 Å². The number of carbonyl (C=O) groups excluding carboxylic acids is 1. The summed E-state index contributed by atoms with van der Waals surface area (Å²) in [6.07, 6.45) is 0. The van der Waals surface area contributed by atoms with Crippen molar-refractivity contribution >= 4 is 16.9 Å². The van der Waals surface area contributed by atoms with Crippen LogP contribution < -0.4 is 0 Å². The van der Waals surface area contributed by atoms with Crippen LogP contribution in [0.2, 0.25) is 0 Å². The van der Waals surface area contributed by atoms with Crippen LogP contribution in [-0.4, -0.2) is 22.2 Å². The van der Waals surface area contributed by atoms with Crippen molar-refractivity contribution in [2.24, 2.45) is 0 Å². The van der Waals surface area contributed by atoms with E-state index in [0.717, 1.165) is 0 Å². The maximum absolute atomic E-state index is 10.5. The quantitative estimate of drug-likeness (QED) is 0.362. The Hall–Kier alpha value is -1.13. The van der Waals surface area contributed by atoms with Crippen LogP contribution in [0.15, 0.2) is 30.3 Å². The average molecular weight is 170 g/mol. The summed E-state index contributed by atoms with van der Waals surface area (Å²) in [5.74, 6) is -0.736. The van der Waals surface area contributed by atoms with Crippen LogP contribution in [0, 0.1) is 0 Å². The molecule has 1 N–H and O–H groups in total. The van der Waals surface area contributed by atoms with Crippen LogP contribution in [0.3, 0.4) is 0 Å². The second kappa shape index (κ2) is 4.65. The third kappa shape index (κ3) is 2.53. The van der Waals surface area contributed by atoms with Crippen molar-refractivity contribution in [3.05, 3.63) is 35.9 Å². The van der Waals surface area contributed by atoms with Gasteiger partial charge in [-0.2, -0.15) is 5.26 Å². The average Bonchev–Trinajstić information content (AvgIpc) is 2.05. The monoisotopic (exact) mass is 170 g/mol. The maximum atomic E-state index is 10.5. The van der Waals surface area contributed by atoms with E-state index in [-0.39, 0.29) is 11.0 Å². The Kier molecular flexibility index (Phi) is 4.17. The smallest absolute Gasteiger partial charge is 0.296 e. The Morgan fingerprint density at radius 2 is 1.82 bits per heavy atom. The number of hydrogen-bond donors (Lipinski definition) is 1. The van der Waals surface area contributed by atoms with E-state index in [1.165, 1.54) is 0 Å². The molecule has 0 bridgehead atoms. The molecule has 0 saturated carbocycles. The molecule has 0 spiro atoms. The first-order valence-corrected chi connectivity index (χ1v) is 2.75. The predicted molar refractivity (Wildman–Crippen MR) is 45.8 cm³/mol. The molecule has 0 aromatic heterocycles. The minimum atomic E-state index is -0.736. The lowest BCUT2D eigenvalue weighted by Crippen LogP contribution is -2.00. The molecule has 60 valence electrons. The molecule has 0 heterocycles. The maximum Gasteiger partial charge on any atom is 0.372 e. The van der Waals surface area contributed by atoms with Crippen molar-refractivity contribution in [2.45, 2.75) is 0 Å². The molecule has 0 aliphatic rings. The highest BCUT2D eigenvalue weighted by Gasteiger charge is 2.02. The van der Waals surface area contributed by atoms with Crippen LogP contribution in [0.25, 0.3) is 0 Å². The van der Waals surface area contributed by atoms with Gasteiger partial charge in [0.25, 0.3) is 0 Å². The lowest BCUT2D eigenvalue weighted by atomic mass is 10.2. The molecule has 0 fully saturated rings. The zero-order valence-electron chi connectivity index (χ0n) is 5.15. The summed E-state index contributed by atoms with van der Waals surface area (Å²) in [5.41, 5.74) is 0.338. The van der Waals surface area contributed by atoms with E-state index in [4.69, 9.17) is 5.26 Å². The molecule has 0 aliphatic carbocycles. The normalized spacial score (nSPS) is 8.09. The van der Waals surface area contributed by atoms with Crippen LogP contribution in [0.4, 0.5) is 0 Å². The van der Waals surface area contributed by atoms with E-state index in [2.05, 4.69) is 4.89 Å². The molecular weight excluding hydrogens is 160 g/mol. The summed E-state index contributed by atoms with van der Waals surface area (Å²) < 4.78 is 0. The molecule has 11 heavy (non-hydrogen) atoms. The largest absolute Gasteiger partial charge is 0.372 e. The Morgan fingerprint density at radius 1 is 1.27 bits per heavy atom. The molecule has 0 saturated heterocycles. The van der Waals surface area contributed by atoms with Crippen LogP contribution >= 0.6 is 0 Å². The van der Waals surface area contributed by atoms with Gasteiger partial charge in [-0.1, -0.05) is 18.2 Å². The fourth-order valence-corrected chi connectivity index (χ4v) is 0.627. The van der Waals surface area contributed by atoms with E-state index in [0.29, 0.717) is 5.56 Å². The van der Waals surface area contributed by atoms with Gasteiger partial charge in [-0.05, 0) is 23.1 Å². The Morgan fingerprint density at radius 3 is 2.27 bits per heavy atom. The second-order valence-corrected chi connectivity index (χ2v) is 1.74. The van der Waals surface area contributed by atoms with Gasteiger partial charge in [0.2, 0.25) is 0 Å². The van der Waals surface area contributed by atoms with Gasteiger partial charge in [0.15, 0.2) is 0 Å². The van der Waals surface area contributed by atoms with Gasteiger partial charge in [0.1, 0.15) is 0 Å². The molecule has 3 nitrogen and oxygen atoms in total. The van der Waals surface area contributed by atoms with Crippen molar-refractivity contribution < 1.29 is 14.9 Å². The Balaban J connectivity index is 0.000001000. The van der Waals surface area contributed by atoms with Gasteiger partial charge in [-0.3, -0.25) is 4.89 Å².